The highest BCUT2D eigenvalue weighted by atomic mass is 16.2. The van der Waals surface area contributed by atoms with E-state index in [1.807, 2.05) is 28.8 Å². The fourth-order valence-corrected chi connectivity index (χ4v) is 2.79. The summed E-state index contributed by atoms with van der Waals surface area (Å²) in [4.78, 5) is 13.9. The number of para-hydroxylation sites is 1. The lowest BCUT2D eigenvalue weighted by molar-refractivity contribution is -0.129. The van der Waals surface area contributed by atoms with Crippen molar-refractivity contribution in [1.29, 1.82) is 0 Å². The Balaban J connectivity index is 1.61. The molecule has 0 radical (unpaired) electrons. The van der Waals surface area contributed by atoms with Crippen LogP contribution in [0.4, 0.5) is 0 Å². The minimum absolute atomic E-state index is 0.197. The molecule has 0 bridgehead atoms. The first-order valence-corrected chi connectivity index (χ1v) is 7.15. The Bertz CT molecular complexity index is 613. The first-order chi connectivity index (χ1) is 9.75. The van der Waals surface area contributed by atoms with Gasteiger partial charge >= 0.3 is 0 Å². The molecule has 0 atom stereocenters. The second-order valence-corrected chi connectivity index (χ2v) is 5.28. The van der Waals surface area contributed by atoms with Crippen molar-refractivity contribution >= 4 is 16.8 Å². The highest BCUT2D eigenvalue weighted by Gasteiger charge is 2.17. The van der Waals surface area contributed by atoms with Crippen LogP contribution in [-0.4, -0.2) is 40.2 Å². The Labute approximate surface area is 118 Å². The van der Waals surface area contributed by atoms with Crippen molar-refractivity contribution < 1.29 is 4.79 Å². The van der Waals surface area contributed by atoms with Crippen LogP contribution in [0.5, 0.6) is 0 Å². The third-order valence-corrected chi connectivity index (χ3v) is 3.86. The van der Waals surface area contributed by atoms with Crippen LogP contribution in [0.2, 0.25) is 0 Å². The highest BCUT2D eigenvalue weighted by molar-refractivity contribution is 5.82. The number of carbonyl (C=O) groups is 1. The van der Waals surface area contributed by atoms with Crippen molar-refractivity contribution in [1.82, 2.24) is 20.0 Å². The van der Waals surface area contributed by atoms with Gasteiger partial charge in [0.2, 0.25) is 5.91 Å². The SMILES string of the molecule is Cn1nc(CNCC(=O)N2CCCC2)c2ccccc21. The molecule has 1 aromatic heterocycles. The van der Waals surface area contributed by atoms with Gasteiger partial charge in [-0.1, -0.05) is 18.2 Å². The summed E-state index contributed by atoms with van der Waals surface area (Å²) >= 11 is 0. The number of fused-ring (bicyclic) bond motifs is 1. The molecule has 106 valence electrons. The normalized spacial score (nSPS) is 15.2. The van der Waals surface area contributed by atoms with E-state index in [-0.39, 0.29) is 5.91 Å². The van der Waals surface area contributed by atoms with Crippen molar-refractivity contribution in [3.8, 4) is 0 Å². The van der Waals surface area contributed by atoms with Gasteiger partial charge in [0.25, 0.3) is 0 Å². The maximum Gasteiger partial charge on any atom is 0.236 e. The van der Waals surface area contributed by atoms with Crippen LogP contribution in [0, 0.1) is 0 Å². The van der Waals surface area contributed by atoms with E-state index in [0.717, 1.165) is 42.5 Å². The number of hydrogen-bond acceptors (Lipinski definition) is 3. The monoisotopic (exact) mass is 272 g/mol. The van der Waals surface area contributed by atoms with E-state index in [0.29, 0.717) is 13.1 Å². The molecule has 0 unspecified atom stereocenters. The number of benzene rings is 1. The number of aromatic nitrogens is 2. The summed E-state index contributed by atoms with van der Waals surface area (Å²) in [6.07, 6.45) is 2.27. The molecule has 1 saturated heterocycles. The number of likely N-dealkylation sites (tertiary alicyclic amines) is 1. The minimum atomic E-state index is 0.197. The Morgan fingerprint density at radius 3 is 2.85 bits per heavy atom. The number of amides is 1. The molecule has 20 heavy (non-hydrogen) atoms. The lowest BCUT2D eigenvalue weighted by Gasteiger charge is -2.15. The molecule has 1 fully saturated rings. The molecule has 0 saturated carbocycles. The zero-order valence-electron chi connectivity index (χ0n) is 11.8. The maximum absolute atomic E-state index is 11.9. The summed E-state index contributed by atoms with van der Waals surface area (Å²) in [5, 5.41) is 8.88. The van der Waals surface area contributed by atoms with Gasteiger partial charge in [0.15, 0.2) is 0 Å². The summed E-state index contributed by atoms with van der Waals surface area (Å²) in [5.74, 6) is 0.197. The molecule has 2 aromatic rings. The zero-order valence-corrected chi connectivity index (χ0v) is 11.8. The van der Waals surface area contributed by atoms with Crippen molar-refractivity contribution in [2.75, 3.05) is 19.6 Å². The summed E-state index contributed by atoms with van der Waals surface area (Å²) in [5.41, 5.74) is 2.12. The van der Waals surface area contributed by atoms with Gasteiger partial charge in [0.1, 0.15) is 0 Å². The molecule has 1 N–H and O–H groups in total. The smallest absolute Gasteiger partial charge is 0.236 e. The van der Waals surface area contributed by atoms with Crippen LogP contribution in [0.25, 0.3) is 10.9 Å². The maximum atomic E-state index is 11.9. The average molecular weight is 272 g/mol. The van der Waals surface area contributed by atoms with Crippen LogP contribution in [0.1, 0.15) is 18.5 Å². The molecule has 5 nitrogen and oxygen atoms in total. The number of aryl methyl sites for hydroxylation is 1. The predicted molar refractivity (Wildman–Crippen MR) is 78.2 cm³/mol. The van der Waals surface area contributed by atoms with E-state index in [1.54, 1.807) is 0 Å². The van der Waals surface area contributed by atoms with Gasteiger partial charge in [-0.15, -0.1) is 0 Å². The van der Waals surface area contributed by atoms with Gasteiger partial charge in [-0.25, -0.2) is 0 Å². The molecule has 1 aromatic carbocycles. The third-order valence-electron chi connectivity index (χ3n) is 3.86. The molecule has 1 amide bonds. The molecule has 1 aliphatic heterocycles. The number of hydrogen-bond donors (Lipinski definition) is 1. The first kappa shape index (κ1) is 13.1. The Kier molecular flexibility index (Phi) is 3.69. The van der Waals surface area contributed by atoms with Gasteiger partial charge in [-0.2, -0.15) is 5.10 Å². The molecular weight excluding hydrogens is 252 g/mol. The molecule has 1 aliphatic rings. The predicted octanol–water partition coefficient (Wildman–Crippen LogP) is 1.29. The van der Waals surface area contributed by atoms with E-state index in [2.05, 4.69) is 22.5 Å². The van der Waals surface area contributed by atoms with Gasteiger partial charge in [0.05, 0.1) is 17.8 Å². The van der Waals surface area contributed by atoms with Crippen LogP contribution in [-0.2, 0) is 18.4 Å². The van der Waals surface area contributed by atoms with E-state index in [1.165, 1.54) is 0 Å². The molecule has 0 aliphatic carbocycles. The lowest BCUT2D eigenvalue weighted by atomic mass is 10.2. The summed E-state index contributed by atoms with van der Waals surface area (Å²) in [6.45, 7) is 2.84. The van der Waals surface area contributed by atoms with Gasteiger partial charge in [-0.3, -0.25) is 9.48 Å². The summed E-state index contributed by atoms with van der Waals surface area (Å²) < 4.78 is 1.88. The van der Waals surface area contributed by atoms with Gasteiger partial charge in [-0.05, 0) is 18.9 Å². The standard InChI is InChI=1S/C15H20N4O/c1-18-14-7-3-2-6-12(14)13(17-18)10-16-11-15(20)19-8-4-5-9-19/h2-3,6-7,16H,4-5,8-11H2,1H3. The van der Waals surface area contributed by atoms with Gasteiger partial charge < -0.3 is 10.2 Å². The largest absolute Gasteiger partial charge is 0.342 e. The van der Waals surface area contributed by atoms with Crippen molar-refractivity contribution in [2.24, 2.45) is 7.05 Å². The van der Waals surface area contributed by atoms with E-state index in [9.17, 15) is 4.79 Å². The molecule has 5 heteroatoms. The Morgan fingerprint density at radius 2 is 2.05 bits per heavy atom. The summed E-state index contributed by atoms with van der Waals surface area (Å²) in [6, 6.07) is 8.16. The van der Waals surface area contributed by atoms with E-state index in [4.69, 9.17) is 0 Å². The van der Waals surface area contributed by atoms with E-state index < -0.39 is 0 Å². The highest BCUT2D eigenvalue weighted by Crippen LogP contribution is 2.17. The number of nitrogens with zero attached hydrogens (tertiary/aromatic N) is 3. The quantitative estimate of drug-likeness (QED) is 0.912. The van der Waals surface area contributed by atoms with Crippen LogP contribution < -0.4 is 5.32 Å². The number of rotatable bonds is 4. The molecular formula is C15H20N4O. The van der Waals surface area contributed by atoms with Crippen molar-refractivity contribution in [3.05, 3.63) is 30.0 Å². The first-order valence-electron chi connectivity index (χ1n) is 7.15. The fourth-order valence-electron chi connectivity index (χ4n) is 2.79. The lowest BCUT2D eigenvalue weighted by Crippen LogP contribution is -2.36. The second-order valence-electron chi connectivity index (χ2n) is 5.28. The molecule has 2 heterocycles. The Morgan fingerprint density at radius 1 is 1.30 bits per heavy atom. The zero-order chi connectivity index (χ0) is 13.9. The molecule has 0 spiro atoms. The van der Waals surface area contributed by atoms with Crippen molar-refractivity contribution in [2.45, 2.75) is 19.4 Å². The van der Waals surface area contributed by atoms with E-state index >= 15 is 0 Å². The number of carbonyl (C=O) groups excluding carboxylic acids is 1. The molecule has 3 rings (SSSR count). The number of nitrogens with one attached hydrogen (secondary N) is 1. The van der Waals surface area contributed by atoms with Crippen molar-refractivity contribution in [3.63, 3.8) is 0 Å². The third kappa shape index (κ3) is 2.54. The Hall–Kier alpha value is -1.88. The minimum Gasteiger partial charge on any atom is -0.342 e. The average Bonchev–Trinajstić information content (AvgIpc) is 3.09. The van der Waals surface area contributed by atoms with Crippen LogP contribution >= 0.6 is 0 Å². The second kappa shape index (κ2) is 5.63. The van der Waals surface area contributed by atoms with Crippen LogP contribution in [0.3, 0.4) is 0 Å². The topological polar surface area (TPSA) is 50.2 Å². The fraction of sp³-hybridized carbons (Fsp3) is 0.467. The van der Waals surface area contributed by atoms with Gasteiger partial charge in [0, 0.05) is 32.1 Å². The van der Waals surface area contributed by atoms with Crippen LogP contribution in [0.15, 0.2) is 24.3 Å². The summed E-state index contributed by atoms with van der Waals surface area (Å²) in [7, 11) is 1.95.